The van der Waals surface area contributed by atoms with Crippen LogP contribution in [0.5, 0.6) is 5.75 Å². The minimum Gasteiger partial charge on any atom is -0.497 e. The van der Waals surface area contributed by atoms with Crippen LogP contribution in [0.1, 0.15) is 18.9 Å². The van der Waals surface area contributed by atoms with Gasteiger partial charge < -0.3 is 19.7 Å². The summed E-state index contributed by atoms with van der Waals surface area (Å²) in [6, 6.07) is 12.6. The van der Waals surface area contributed by atoms with E-state index in [4.69, 9.17) is 9.47 Å². The molecule has 0 radical (unpaired) electrons. The molecule has 0 aliphatic carbocycles. The van der Waals surface area contributed by atoms with Gasteiger partial charge in [-0.1, -0.05) is 28.9 Å². The van der Waals surface area contributed by atoms with Gasteiger partial charge >= 0.3 is 5.97 Å². The van der Waals surface area contributed by atoms with E-state index in [0.717, 1.165) is 16.5 Å². The molecule has 0 aromatic heterocycles. The van der Waals surface area contributed by atoms with Crippen molar-refractivity contribution in [2.24, 2.45) is 5.92 Å². The number of halogens is 1. The maximum atomic E-state index is 12.4. The number of carbonyl (C=O) groups is 3. The first-order valence-corrected chi connectivity index (χ1v) is 10.4. The number of carbonyl (C=O) groups excluding carboxylic acids is 3. The van der Waals surface area contributed by atoms with Crippen LogP contribution < -0.4 is 15.0 Å². The number of rotatable bonds is 7. The lowest BCUT2D eigenvalue weighted by molar-refractivity contribution is -0.151. The van der Waals surface area contributed by atoms with Crippen molar-refractivity contribution >= 4 is 45.1 Å². The molecule has 30 heavy (non-hydrogen) atoms. The van der Waals surface area contributed by atoms with Gasteiger partial charge in [-0.25, -0.2) is 0 Å². The van der Waals surface area contributed by atoms with Gasteiger partial charge in [-0.3, -0.25) is 14.4 Å². The predicted octanol–water partition coefficient (Wildman–Crippen LogP) is 3.55. The molecule has 8 heteroatoms. The fraction of sp³-hybridized carbons (Fsp3) is 0.318. The maximum Gasteiger partial charge on any atom is 0.311 e. The van der Waals surface area contributed by atoms with Gasteiger partial charge in [-0.15, -0.1) is 0 Å². The average molecular weight is 475 g/mol. The molecule has 158 valence electrons. The Hall–Kier alpha value is -2.87. The van der Waals surface area contributed by atoms with E-state index in [1.54, 1.807) is 37.4 Å². The number of anilines is 2. The number of nitrogens with zero attached hydrogens (tertiary/aromatic N) is 1. The molecule has 1 aliphatic heterocycles. The lowest BCUT2D eigenvalue weighted by Gasteiger charge is -2.17. The zero-order valence-corrected chi connectivity index (χ0v) is 18.4. The molecule has 1 aliphatic rings. The molecule has 1 atom stereocenters. The predicted molar refractivity (Wildman–Crippen MR) is 117 cm³/mol. The van der Waals surface area contributed by atoms with Crippen LogP contribution in [-0.2, 0) is 25.5 Å². The van der Waals surface area contributed by atoms with Gasteiger partial charge in [0.1, 0.15) is 5.75 Å². The van der Waals surface area contributed by atoms with E-state index in [0.29, 0.717) is 17.1 Å². The second-order valence-corrected chi connectivity index (χ2v) is 7.83. The SMILES string of the molecule is CCc1cc(Br)ccc1NC(=O)COC(=O)[C@H]1CC(=O)N(c2cccc(OC)c2)C1. The number of esters is 1. The molecule has 0 saturated carbocycles. The molecule has 0 unspecified atom stereocenters. The lowest BCUT2D eigenvalue weighted by Crippen LogP contribution is -2.28. The Bertz CT molecular complexity index is 962. The normalized spacial score (nSPS) is 15.8. The third-order valence-corrected chi connectivity index (χ3v) is 5.38. The lowest BCUT2D eigenvalue weighted by atomic mass is 10.1. The molecule has 2 aromatic carbocycles. The third kappa shape index (κ3) is 5.18. The zero-order chi connectivity index (χ0) is 21.7. The monoisotopic (exact) mass is 474 g/mol. The van der Waals surface area contributed by atoms with E-state index in [1.165, 1.54) is 4.90 Å². The third-order valence-electron chi connectivity index (χ3n) is 4.89. The number of hydrogen-bond acceptors (Lipinski definition) is 5. The van der Waals surface area contributed by atoms with Gasteiger partial charge in [0.05, 0.1) is 13.0 Å². The number of ether oxygens (including phenoxy) is 2. The molecule has 1 heterocycles. The van der Waals surface area contributed by atoms with Gasteiger partial charge in [-0.05, 0) is 42.3 Å². The highest BCUT2D eigenvalue weighted by Gasteiger charge is 2.36. The summed E-state index contributed by atoms with van der Waals surface area (Å²) >= 11 is 3.40. The first kappa shape index (κ1) is 21.8. The molecule has 1 fully saturated rings. The van der Waals surface area contributed by atoms with Gasteiger partial charge in [0, 0.05) is 34.9 Å². The Morgan fingerprint density at radius 3 is 2.77 bits per heavy atom. The smallest absolute Gasteiger partial charge is 0.311 e. The van der Waals surface area contributed by atoms with Crippen molar-refractivity contribution in [3.8, 4) is 5.75 Å². The zero-order valence-electron chi connectivity index (χ0n) is 16.8. The van der Waals surface area contributed by atoms with Crippen LogP contribution in [0.3, 0.4) is 0 Å². The average Bonchev–Trinajstić information content (AvgIpc) is 3.15. The van der Waals surface area contributed by atoms with Crippen LogP contribution in [0.2, 0.25) is 0 Å². The summed E-state index contributed by atoms with van der Waals surface area (Å²) in [7, 11) is 1.55. The minimum atomic E-state index is -0.615. The Morgan fingerprint density at radius 1 is 1.23 bits per heavy atom. The number of amides is 2. The van der Waals surface area contributed by atoms with Crippen molar-refractivity contribution in [1.82, 2.24) is 0 Å². The standard InChI is InChI=1S/C22H23BrN2O5/c1-3-14-9-16(23)7-8-19(14)24-20(26)13-30-22(28)15-10-21(27)25(12-15)17-5-4-6-18(11-17)29-2/h4-9,11,15H,3,10,12-13H2,1-2H3,(H,24,26)/t15-/m0/s1. The molecular formula is C22H23BrN2O5. The molecule has 2 amide bonds. The summed E-state index contributed by atoms with van der Waals surface area (Å²) in [5, 5.41) is 2.76. The Balaban J connectivity index is 1.55. The molecule has 0 bridgehead atoms. The second kappa shape index (κ2) is 9.75. The van der Waals surface area contributed by atoms with E-state index in [2.05, 4.69) is 21.2 Å². The van der Waals surface area contributed by atoms with E-state index in [9.17, 15) is 14.4 Å². The summed E-state index contributed by atoms with van der Waals surface area (Å²) < 4.78 is 11.3. The molecule has 3 rings (SSSR count). The van der Waals surface area contributed by atoms with Gasteiger partial charge in [0.2, 0.25) is 5.91 Å². The number of methoxy groups -OCH3 is 1. The van der Waals surface area contributed by atoms with Crippen LogP contribution in [0.15, 0.2) is 46.9 Å². The van der Waals surface area contributed by atoms with E-state index in [1.807, 2.05) is 19.1 Å². The Kier molecular flexibility index (Phi) is 7.10. The van der Waals surface area contributed by atoms with E-state index in [-0.39, 0.29) is 18.9 Å². The van der Waals surface area contributed by atoms with E-state index < -0.39 is 24.4 Å². The van der Waals surface area contributed by atoms with Gasteiger partial charge in [-0.2, -0.15) is 0 Å². The van der Waals surface area contributed by atoms with Crippen molar-refractivity contribution in [3.63, 3.8) is 0 Å². The first-order valence-electron chi connectivity index (χ1n) is 9.60. The first-order chi connectivity index (χ1) is 14.4. The molecule has 0 spiro atoms. The number of hydrogen-bond donors (Lipinski definition) is 1. The van der Waals surface area contributed by atoms with Crippen LogP contribution >= 0.6 is 15.9 Å². The van der Waals surface area contributed by atoms with E-state index >= 15 is 0 Å². The van der Waals surface area contributed by atoms with Gasteiger partial charge in [0.25, 0.3) is 5.91 Å². The summed E-state index contributed by atoms with van der Waals surface area (Å²) in [4.78, 5) is 38.5. The highest BCUT2D eigenvalue weighted by molar-refractivity contribution is 9.10. The van der Waals surface area contributed by atoms with Crippen LogP contribution in [0.4, 0.5) is 11.4 Å². The summed E-state index contributed by atoms with van der Waals surface area (Å²) in [5.41, 5.74) is 2.32. The summed E-state index contributed by atoms with van der Waals surface area (Å²) in [6.07, 6.45) is 0.795. The quantitative estimate of drug-likeness (QED) is 0.620. The van der Waals surface area contributed by atoms with Crippen LogP contribution in [0, 0.1) is 5.92 Å². The molecule has 7 nitrogen and oxygen atoms in total. The maximum absolute atomic E-state index is 12.4. The number of benzene rings is 2. The fourth-order valence-corrected chi connectivity index (χ4v) is 3.72. The van der Waals surface area contributed by atoms with Crippen molar-refractivity contribution in [2.75, 3.05) is 30.5 Å². The van der Waals surface area contributed by atoms with Crippen molar-refractivity contribution < 1.29 is 23.9 Å². The summed E-state index contributed by atoms with van der Waals surface area (Å²) in [5.74, 6) is -1.14. The Morgan fingerprint density at radius 2 is 2.03 bits per heavy atom. The van der Waals surface area contributed by atoms with Crippen molar-refractivity contribution in [1.29, 1.82) is 0 Å². The molecule has 2 aromatic rings. The minimum absolute atomic E-state index is 0.0460. The second-order valence-electron chi connectivity index (χ2n) is 6.92. The largest absolute Gasteiger partial charge is 0.497 e. The van der Waals surface area contributed by atoms with Crippen LogP contribution in [0.25, 0.3) is 0 Å². The van der Waals surface area contributed by atoms with Crippen molar-refractivity contribution in [2.45, 2.75) is 19.8 Å². The highest BCUT2D eigenvalue weighted by Crippen LogP contribution is 2.28. The topological polar surface area (TPSA) is 84.9 Å². The molecule has 1 N–H and O–H groups in total. The number of nitrogens with one attached hydrogen (secondary N) is 1. The molecular weight excluding hydrogens is 452 g/mol. The van der Waals surface area contributed by atoms with Crippen molar-refractivity contribution in [3.05, 3.63) is 52.5 Å². The fourth-order valence-electron chi connectivity index (χ4n) is 3.31. The molecule has 1 saturated heterocycles. The number of aryl methyl sites for hydroxylation is 1. The summed E-state index contributed by atoms with van der Waals surface area (Å²) in [6.45, 7) is 1.80. The Labute approximate surface area is 183 Å². The highest BCUT2D eigenvalue weighted by atomic mass is 79.9. The van der Waals surface area contributed by atoms with Gasteiger partial charge in [0.15, 0.2) is 6.61 Å². The van der Waals surface area contributed by atoms with Crippen LogP contribution in [-0.4, -0.2) is 38.0 Å².